The number of nitrogens with one attached hydrogen (secondary N) is 1. The van der Waals surface area contributed by atoms with Gasteiger partial charge in [-0.2, -0.15) is 0 Å². The number of benzene rings is 1. The van der Waals surface area contributed by atoms with Crippen LogP contribution in [0.4, 0.5) is 0 Å². The number of methoxy groups -OCH3 is 1. The molecule has 1 atom stereocenters. The smallest absolute Gasteiger partial charge is 0.244 e. The van der Waals surface area contributed by atoms with E-state index in [1.165, 1.54) is 19.3 Å². The third-order valence-corrected chi connectivity index (χ3v) is 3.17. The highest BCUT2D eigenvalue weighted by Gasteiger charge is 2.03. The van der Waals surface area contributed by atoms with Crippen LogP contribution in [0.5, 0.6) is 5.75 Å². The second-order valence-corrected chi connectivity index (χ2v) is 5.01. The Morgan fingerprint density at radius 3 is 2.60 bits per heavy atom. The molecule has 1 unspecified atom stereocenters. The molecule has 0 heterocycles. The molecule has 20 heavy (non-hydrogen) atoms. The Balaban J connectivity index is 2.38. The fourth-order valence-electron chi connectivity index (χ4n) is 1.95. The van der Waals surface area contributed by atoms with Crippen molar-refractivity contribution in [1.82, 2.24) is 5.32 Å². The Morgan fingerprint density at radius 1 is 1.30 bits per heavy atom. The van der Waals surface area contributed by atoms with Crippen molar-refractivity contribution in [3.05, 3.63) is 35.9 Å². The van der Waals surface area contributed by atoms with Gasteiger partial charge in [-0.25, -0.2) is 0 Å². The SMILES string of the molecule is CCCCCC(C)NC(=O)/C=C/c1ccc(OC)cc1. The van der Waals surface area contributed by atoms with Gasteiger partial charge in [0.05, 0.1) is 7.11 Å². The van der Waals surface area contributed by atoms with Crippen molar-refractivity contribution in [2.75, 3.05) is 7.11 Å². The lowest BCUT2D eigenvalue weighted by molar-refractivity contribution is -0.117. The highest BCUT2D eigenvalue weighted by atomic mass is 16.5. The zero-order chi connectivity index (χ0) is 14.8. The van der Waals surface area contributed by atoms with Gasteiger partial charge in [0, 0.05) is 12.1 Å². The van der Waals surface area contributed by atoms with Gasteiger partial charge in [-0.05, 0) is 37.1 Å². The molecule has 0 saturated carbocycles. The van der Waals surface area contributed by atoms with Crippen molar-refractivity contribution in [1.29, 1.82) is 0 Å². The van der Waals surface area contributed by atoms with Crippen LogP contribution in [0, 0.1) is 0 Å². The maximum absolute atomic E-state index is 11.8. The number of hydrogen-bond acceptors (Lipinski definition) is 2. The van der Waals surface area contributed by atoms with Crippen molar-refractivity contribution in [2.45, 2.75) is 45.6 Å². The largest absolute Gasteiger partial charge is 0.497 e. The third kappa shape index (κ3) is 6.41. The second kappa shape index (κ2) is 9.18. The normalized spacial score (nSPS) is 12.3. The molecule has 1 N–H and O–H groups in total. The molecule has 0 saturated heterocycles. The van der Waals surface area contributed by atoms with Crippen LogP contribution in [0.1, 0.15) is 45.1 Å². The molecule has 110 valence electrons. The topological polar surface area (TPSA) is 38.3 Å². The Morgan fingerprint density at radius 2 is 2.00 bits per heavy atom. The zero-order valence-corrected chi connectivity index (χ0v) is 12.7. The van der Waals surface area contributed by atoms with Crippen molar-refractivity contribution in [3.63, 3.8) is 0 Å². The van der Waals surface area contributed by atoms with Crippen LogP contribution in [0.15, 0.2) is 30.3 Å². The molecule has 0 aliphatic rings. The molecule has 1 aromatic carbocycles. The van der Waals surface area contributed by atoms with Gasteiger partial charge in [-0.1, -0.05) is 38.3 Å². The number of unbranched alkanes of at least 4 members (excludes halogenated alkanes) is 2. The predicted octanol–water partition coefficient (Wildman–Crippen LogP) is 3.79. The minimum atomic E-state index is -0.0372. The number of hydrogen-bond donors (Lipinski definition) is 1. The van der Waals surface area contributed by atoms with Crippen LogP contribution in [0.2, 0.25) is 0 Å². The Kier molecular flexibility index (Phi) is 7.48. The van der Waals surface area contributed by atoms with E-state index in [1.807, 2.05) is 30.3 Å². The van der Waals surface area contributed by atoms with Crippen LogP contribution in [0.3, 0.4) is 0 Å². The molecule has 0 aliphatic heterocycles. The first-order valence-corrected chi connectivity index (χ1v) is 7.28. The maximum atomic E-state index is 11.8. The predicted molar refractivity (Wildman–Crippen MR) is 83.8 cm³/mol. The summed E-state index contributed by atoms with van der Waals surface area (Å²) in [5, 5.41) is 2.98. The van der Waals surface area contributed by atoms with E-state index in [0.29, 0.717) is 0 Å². The molecular formula is C17H25NO2. The molecule has 0 spiro atoms. The minimum Gasteiger partial charge on any atom is -0.497 e. The van der Waals surface area contributed by atoms with Gasteiger partial charge >= 0.3 is 0 Å². The molecule has 3 nitrogen and oxygen atoms in total. The van der Waals surface area contributed by atoms with Gasteiger partial charge < -0.3 is 10.1 Å². The number of amides is 1. The number of carbonyl (C=O) groups excluding carboxylic acids is 1. The summed E-state index contributed by atoms with van der Waals surface area (Å²) < 4.78 is 5.09. The van der Waals surface area contributed by atoms with Gasteiger partial charge in [0.2, 0.25) is 5.91 Å². The summed E-state index contributed by atoms with van der Waals surface area (Å²) in [6, 6.07) is 7.84. The summed E-state index contributed by atoms with van der Waals surface area (Å²) in [4.78, 5) is 11.8. The first-order chi connectivity index (χ1) is 9.65. The molecule has 1 rings (SSSR count). The van der Waals surface area contributed by atoms with E-state index in [4.69, 9.17) is 4.74 Å². The molecule has 0 fully saturated rings. The molecule has 1 amide bonds. The first-order valence-electron chi connectivity index (χ1n) is 7.28. The summed E-state index contributed by atoms with van der Waals surface area (Å²) in [6.07, 6.45) is 8.03. The van der Waals surface area contributed by atoms with E-state index in [0.717, 1.165) is 17.7 Å². The van der Waals surface area contributed by atoms with E-state index >= 15 is 0 Å². The number of ether oxygens (including phenoxy) is 1. The average Bonchev–Trinajstić information content (AvgIpc) is 2.46. The molecule has 3 heteroatoms. The van der Waals surface area contributed by atoms with Gasteiger partial charge in [-0.15, -0.1) is 0 Å². The van der Waals surface area contributed by atoms with E-state index in [9.17, 15) is 4.79 Å². The Bertz CT molecular complexity index is 423. The van der Waals surface area contributed by atoms with Crippen molar-refractivity contribution < 1.29 is 9.53 Å². The lowest BCUT2D eigenvalue weighted by Crippen LogP contribution is -2.30. The van der Waals surface area contributed by atoms with Crippen LogP contribution in [0.25, 0.3) is 6.08 Å². The van der Waals surface area contributed by atoms with Crippen molar-refractivity contribution in [3.8, 4) is 5.75 Å². The summed E-state index contributed by atoms with van der Waals surface area (Å²) >= 11 is 0. The fourth-order valence-corrected chi connectivity index (χ4v) is 1.95. The monoisotopic (exact) mass is 275 g/mol. The van der Waals surface area contributed by atoms with E-state index in [1.54, 1.807) is 13.2 Å². The molecule has 1 aromatic rings. The summed E-state index contributed by atoms with van der Waals surface area (Å²) in [5.74, 6) is 0.779. The van der Waals surface area contributed by atoms with Crippen molar-refractivity contribution in [2.24, 2.45) is 0 Å². The third-order valence-electron chi connectivity index (χ3n) is 3.17. The second-order valence-electron chi connectivity index (χ2n) is 5.01. The van der Waals surface area contributed by atoms with Gasteiger partial charge in [0.1, 0.15) is 5.75 Å². The maximum Gasteiger partial charge on any atom is 0.244 e. The van der Waals surface area contributed by atoms with E-state index in [-0.39, 0.29) is 11.9 Å². The first kappa shape index (κ1) is 16.3. The standard InChI is InChI=1S/C17H25NO2/c1-4-5-6-7-14(2)18-17(19)13-10-15-8-11-16(20-3)12-9-15/h8-14H,4-7H2,1-3H3,(H,18,19)/b13-10+. The van der Waals surface area contributed by atoms with Crippen LogP contribution >= 0.6 is 0 Å². The summed E-state index contributed by atoms with van der Waals surface area (Å²) in [7, 11) is 1.64. The van der Waals surface area contributed by atoms with E-state index < -0.39 is 0 Å². The molecule has 0 aliphatic carbocycles. The highest BCUT2D eigenvalue weighted by molar-refractivity contribution is 5.91. The molecule has 0 bridgehead atoms. The summed E-state index contributed by atoms with van der Waals surface area (Å²) in [6.45, 7) is 4.23. The Labute approximate surface area is 122 Å². The zero-order valence-electron chi connectivity index (χ0n) is 12.7. The Hall–Kier alpha value is -1.77. The van der Waals surface area contributed by atoms with Gasteiger partial charge in [0.25, 0.3) is 0 Å². The minimum absolute atomic E-state index is 0.0372. The lowest BCUT2D eigenvalue weighted by Gasteiger charge is -2.11. The van der Waals surface area contributed by atoms with Gasteiger partial charge in [-0.3, -0.25) is 4.79 Å². The quantitative estimate of drug-likeness (QED) is 0.579. The summed E-state index contributed by atoms with van der Waals surface area (Å²) in [5.41, 5.74) is 0.986. The van der Waals surface area contributed by atoms with Crippen LogP contribution in [-0.4, -0.2) is 19.1 Å². The number of rotatable bonds is 8. The highest BCUT2D eigenvalue weighted by Crippen LogP contribution is 2.12. The molecular weight excluding hydrogens is 250 g/mol. The molecule has 0 radical (unpaired) electrons. The average molecular weight is 275 g/mol. The van der Waals surface area contributed by atoms with E-state index in [2.05, 4.69) is 19.2 Å². The van der Waals surface area contributed by atoms with Gasteiger partial charge in [0.15, 0.2) is 0 Å². The fraction of sp³-hybridized carbons (Fsp3) is 0.471. The number of carbonyl (C=O) groups is 1. The van der Waals surface area contributed by atoms with Crippen LogP contribution in [-0.2, 0) is 4.79 Å². The molecule has 0 aromatic heterocycles. The lowest BCUT2D eigenvalue weighted by atomic mass is 10.1. The van der Waals surface area contributed by atoms with Crippen molar-refractivity contribution >= 4 is 12.0 Å². The van der Waals surface area contributed by atoms with Crippen LogP contribution < -0.4 is 10.1 Å².